The molecule has 0 radical (unpaired) electrons. The number of halogens is 1. The van der Waals surface area contributed by atoms with Crippen molar-refractivity contribution in [2.24, 2.45) is 5.73 Å². The van der Waals surface area contributed by atoms with E-state index in [0.717, 1.165) is 5.69 Å². The van der Waals surface area contributed by atoms with Crippen LogP contribution in [0.25, 0.3) is 0 Å². The van der Waals surface area contributed by atoms with E-state index in [1.807, 2.05) is 6.92 Å². The smallest absolute Gasteiger partial charge is 0.254 e. The number of nitrogens with two attached hydrogens (primary N) is 1. The van der Waals surface area contributed by atoms with Crippen molar-refractivity contribution in [1.29, 1.82) is 0 Å². The van der Waals surface area contributed by atoms with Crippen molar-refractivity contribution in [2.75, 3.05) is 0 Å². The molecule has 3 nitrogen and oxygen atoms in total. The molecule has 4 heteroatoms. The number of pyridine rings is 1. The third-order valence-electron chi connectivity index (χ3n) is 1.25. The Kier molecular flexibility index (Phi) is 4.02. The van der Waals surface area contributed by atoms with Crippen molar-refractivity contribution in [3.8, 4) is 0 Å². The van der Waals surface area contributed by atoms with Gasteiger partial charge in [0.1, 0.15) is 5.56 Å². The first-order valence-corrected chi connectivity index (χ1v) is 2.98. The van der Waals surface area contributed by atoms with Crippen LogP contribution in [0.15, 0.2) is 18.3 Å². The first kappa shape index (κ1) is 10.3. The van der Waals surface area contributed by atoms with Gasteiger partial charge < -0.3 is 29.7 Å². The predicted molar refractivity (Wildman–Crippen MR) is 36.3 cm³/mol. The third kappa shape index (κ3) is 2.83. The lowest BCUT2D eigenvalue weighted by Gasteiger charge is -1.87. The monoisotopic (exact) mass is 264 g/mol. The highest BCUT2D eigenvalue weighted by atomic mass is 127. The topological polar surface area (TPSA) is 57.2 Å². The quantitative estimate of drug-likeness (QED) is 0.537. The van der Waals surface area contributed by atoms with Gasteiger partial charge >= 0.3 is 0 Å². The molecule has 60 valence electrons. The van der Waals surface area contributed by atoms with Crippen LogP contribution in [0.5, 0.6) is 0 Å². The first-order valence-electron chi connectivity index (χ1n) is 2.98. The molecule has 0 saturated heterocycles. The molecule has 0 bridgehead atoms. The molecule has 1 aromatic rings. The summed E-state index contributed by atoms with van der Waals surface area (Å²) in [5.41, 5.74) is 6.51. The van der Waals surface area contributed by atoms with Gasteiger partial charge in [0.15, 0.2) is 11.9 Å². The number of hydrogen-bond acceptors (Lipinski definition) is 1. The molecule has 1 rings (SSSR count). The molecule has 0 atom stereocenters. The van der Waals surface area contributed by atoms with Crippen LogP contribution in [-0.4, -0.2) is 5.91 Å². The van der Waals surface area contributed by atoms with E-state index in [4.69, 9.17) is 5.73 Å². The Morgan fingerprint density at radius 2 is 2.18 bits per heavy atom. The van der Waals surface area contributed by atoms with Gasteiger partial charge in [0.2, 0.25) is 0 Å². The number of amides is 1. The standard InChI is InChI=1S/C7H8N2O.HI/c1-5-2-3-6(4-9-5)7(8)10;/h2-4H,1H3,(H2,8,10);1H. The number of hydrogen-bond donors (Lipinski definition) is 1. The Morgan fingerprint density at radius 1 is 1.55 bits per heavy atom. The Hall–Kier alpha value is -0.650. The maximum Gasteiger partial charge on any atom is 0.254 e. The van der Waals surface area contributed by atoms with Gasteiger partial charge in [-0.25, -0.2) is 4.98 Å². The van der Waals surface area contributed by atoms with Gasteiger partial charge in [-0.1, -0.05) is 0 Å². The van der Waals surface area contributed by atoms with Crippen molar-refractivity contribution in [3.05, 3.63) is 29.6 Å². The van der Waals surface area contributed by atoms with Crippen molar-refractivity contribution >= 4 is 5.91 Å². The Morgan fingerprint density at radius 3 is 2.55 bits per heavy atom. The molecule has 1 aromatic heterocycles. The second-order valence-corrected chi connectivity index (χ2v) is 2.12. The van der Waals surface area contributed by atoms with Crippen LogP contribution in [0.3, 0.4) is 0 Å². The molecule has 0 unspecified atom stereocenters. The molecule has 3 N–H and O–H groups in total. The zero-order valence-corrected chi connectivity index (χ0v) is 8.25. The number of H-pyrrole nitrogens is 1. The number of aromatic amines is 1. The summed E-state index contributed by atoms with van der Waals surface area (Å²) in [7, 11) is 0. The van der Waals surface area contributed by atoms with Crippen LogP contribution < -0.4 is 34.7 Å². The lowest BCUT2D eigenvalue weighted by atomic mass is 10.2. The van der Waals surface area contributed by atoms with Gasteiger partial charge in [-0.05, 0) is 6.07 Å². The van der Waals surface area contributed by atoms with Crippen LogP contribution >= 0.6 is 0 Å². The number of carbonyl (C=O) groups excluding carboxylic acids is 1. The summed E-state index contributed by atoms with van der Waals surface area (Å²) >= 11 is 0. The summed E-state index contributed by atoms with van der Waals surface area (Å²) in [6.45, 7) is 1.91. The molecule has 0 aromatic carbocycles. The Balaban J connectivity index is 0.000001000. The summed E-state index contributed by atoms with van der Waals surface area (Å²) in [5, 5.41) is 0. The van der Waals surface area contributed by atoms with E-state index in [9.17, 15) is 4.79 Å². The second kappa shape index (κ2) is 4.27. The SMILES string of the molecule is Cc1ccc(C(N)=O)c[nH+]1.[I-]. The minimum Gasteiger partial charge on any atom is -1.00 e. The summed E-state index contributed by atoms with van der Waals surface area (Å²) in [5.74, 6) is -0.406. The Labute approximate surface area is 82.0 Å². The molecule has 0 spiro atoms. The van der Waals surface area contributed by atoms with Crippen molar-refractivity contribution in [3.63, 3.8) is 0 Å². The molecule has 0 aliphatic heterocycles. The maximum absolute atomic E-state index is 10.5. The van der Waals surface area contributed by atoms with Crippen molar-refractivity contribution in [1.82, 2.24) is 0 Å². The molecule has 1 heterocycles. The summed E-state index contributed by atoms with van der Waals surface area (Å²) in [4.78, 5) is 13.4. The molecular formula is C7H9IN2O. The largest absolute Gasteiger partial charge is 1.00 e. The first-order chi connectivity index (χ1) is 4.70. The minimum atomic E-state index is -0.406. The molecule has 0 saturated carbocycles. The summed E-state index contributed by atoms with van der Waals surface area (Å²) in [6.07, 6.45) is 1.59. The highest BCUT2D eigenvalue weighted by Gasteiger charge is 2.01. The van der Waals surface area contributed by atoms with Gasteiger partial charge in [0.25, 0.3) is 5.91 Å². The maximum atomic E-state index is 10.5. The van der Waals surface area contributed by atoms with E-state index in [1.54, 1.807) is 18.3 Å². The highest BCUT2D eigenvalue weighted by Crippen LogP contribution is 1.92. The fourth-order valence-electron chi connectivity index (χ4n) is 0.656. The number of primary amides is 1. The van der Waals surface area contributed by atoms with Gasteiger partial charge in [0, 0.05) is 13.0 Å². The molecule has 1 amide bonds. The number of carbonyl (C=O) groups is 1. The normalized spacial score (nSPS) is 8.45. The average Bonchev–Trinajstić information content (AvgIpc) is 1.88. The molecule has 0 fully saturated rings. The zero-order valence-electron chi connectivity index (χ0n) is 6.10. The lowest BCUT2D eigenvalue weighted by Crippen LogP contribution is -3.00. The zero-order chi connectivity index (χ0) is 7.56. The number of aryl methyl sites for hydroxylation is 1. The summed E-state index contributed by atoms with van der Waals surface area (Å²) in [6, 6.07) is 3.49. The van der Waals surface area contributed by atoms with E-state index < -0.39 is 5.91 Å². The van der Waals surface area contributed by atoms with Gasteiger partial charge in [-0.2, -0.15) is 0 Å². The average molecular weight is 264 g/mol. The fraction of sp³-hybridized carbons (Fsp3) is 0.143. The van der Waals surface area contributed by atoms with E-state index in [0.29, 0.717) is 5.56 Å². The van der Waals surface area contributed by atoms with E-state index in [2.05, 4.69) is 4.98 Å². The lowest BCUT2D eigenvalue weighted by molar-refractivity contribution is -0.387. The molecule has 0 aliphatic rings. The molecule has 11 heavy (non-hydrogen) atoms. The van der Waals surface area contributed by atoms with Crippen molar-refractivity contribution in [2.45, 2.75) is 6.92 Å². The third-order valence-corrected chi connectivity index (χ3v) is 1.25. The summed E-state index contributed by atoms with van der Waals surface area (Å²) < 4.78 is 0. The number of nitrogens with one attached hydrogen (secondary N) is 1. The molecular weight excluding hydrogens is 255 g/mol. The number of aromatic nitrogens is 1. The van der Waals surface area contributed by atoms with E-state index in [1.165, 1.54) is 0 Å². The van der Waals surface area contributed by atoms with Gasteiger partial charge in [0.05, 0.1) is 0 Å². The second-order valence-electron chi connectivity index (χ2n) is 2.12. The number of rotatable bonds is 1. The van der Waals surface area contributed by atoms with Crippen LogP contribution in [0, 0.1) is 6.92 Å². The van der Waals surface area contributed by atoms with Gasteiger partial charge in [-0.15, -0.1) is 0 Å². The van der Waals surface area contributed by atoms with E-state index in [-0.39, 0.29) is 24.0 Å². The highest BCUT2D eigenvalue weighted by molar-refractivity contribution is 5.92. The molecule has 0 aliphatic carbocycles. The van der Waals surface area contributed by atoms with Crippen LogP contribution in [0.4, 0.5) is 0 Å². The Bertz CT molecular complexity index is 245. The van der Waals surface area contributed by atoms with Gasteiger partial charge in [-0.3, -0.25) is 4.79 Å². The van der Waals surface area contributed by atoms with Crippen molar-refractivity contribution < 1.29 is 33.8 Å². The fourth-order valence-corrected chi connectivity index (χ4v) is 0.656. The van der Waals surface area contributed by atoms with Crippen LogP contribution in [0.1, 0.15) is 16.1 Å². The van der Waals surface area contributed by atoms with Crippen LogP contribution in [-0.2, 0) is 0 Å². The van der Waals surface area contributed by atoms with Crippen LogP contribution in [0.2, 0.25) is 0 Å². The minimum absolute atomic E-state index is 0. The van der Waals surface area contributed by atoms with E-state index >= 15 is 0 Å². The predicted octanol–water partition coefficient (Wildman–Crippen LogP) is -3.09.